The van der Waals surface area contributed by atoms with Gasteiger partial charge in [-0.15, -0.1) is 0 Å². The molecule has 81 valence electrons. The second kappa shape index (κ2) is 4.49. The summed E-state index contributed by atoms with van der Waals surface area (Å²) < 4.78 is 1.26. The fraction of sp³-hybridized carbons (Fsp3) is 0. The quantitative estimate of drug-likeness (QED) is 0.557. The molecule has 0 aromatic heterocycles. The van der Waals surface area contributed by atoms with E-state index in [0.29, 0.717) is 0 Å². The Morgan fingerprint density at radius 1 is 0.824 bits per heavy atom. The molecule has 0 spiro atoms. The summed E-state index contributed by atoms with van der Waals surface area (Å²) in [6.07, 6.45) is 0. The lowest BCUT2D eigenvalue weighted by atomic mass is 10.0. The van der Waals surface area contributed by atoms with Crippen LogP contribution in [0.5, 0.6) is 0 Å². The highest BCUT2D eigenvalue weighted by Gasteiger charge is 2.00. The Hall–Kier alpha value is -1.35. The van der Waals surface area contributed by atoms with E-state index in [1.807, 2.05) is 6.07 Å². The molecular weight excluding hydrogens is 319 g/mol. The van der Waals surface area contributed by atoms with E-state index in [-0.39, 0.29) is 0 Å². The first-order valence-electron chi connectivity index (χ1n) is 5.50. The fourth-order valence-electron chi connectivity index (χ4n) is 1.93. The van der Waals surface area contributed by atoms with Gasteiger partial charge in [0, 0.05) is 3.57 Å². The average molecular weight is 329 g/mol. The zero-order valence-corrected chi connectivity index (χ0v) is 11.3. The van der Waals surface area contributed by atoms with Gasteiger partial charge in [0.05, 0.1) is 0 Å². The van der Waals surface area contributed by atoms with Gasteiger partial charge in [-0.1, -0.05) is 48.5 Å². The molecule has 1 radical (unpaired) electrons. The van der Waals surface area contributed by atoms with Gasteiger partial charge in [0.25, 0.3) is 0 Å². The average Bonchev–Trinajstić information content (AvgIpc) is 2.39. The molecule has 0 atom stereocenters. The van der Waals surface area contributed by atoms with Gasteiger partial charge in [0.2, 0.25) is 0 Å². The third-order valence-electron chi connectivity index (χ3n) is 2.80. The lowest BCUT2D eigenvalue weighted by Crippen LogP contribution is -1.80. The van der Waals surface area contributed by atoms with E-state index in [4.69, 9.17) is 0 Å². The summed E-state index contributed by atoms with van der Waals surface area (Å²) >= 11 is 2.33. The van der Waals surface area contributed by atoms with Crippen LogP contribution in [0.1, 0.15) is 0 Å². The van der Waals surface area contributed by atoms with E-state index in [1.165, 1.54) is 19.9 Å². The zero-order valence-electron chi connectivity index (χ0n) is 9.15. The summed E-state index contributed by atoms with van der Waals surface area (Å²) in [5, 5.41) is 2.42. The number of hydrogen-bond donors (Lipinski definition) is 0. The lowest BCUT2D eigenvalue weighted by Gasteiger charge is -2.03. The summed E-state index contributed by atoms with van der Waals surface area (Å²) in [5.41, 5.74) is 2.37. The van der Waals surface area contributed by atoms with E-state index in [9.17, 15) is 0 Å². The SMILES string of the molecule is Ic1ccc2[c]c(-c3ccccc3)ccc2c1. The highest BCUT2D eigenvalue weighted by Crippen LogP contribution is 2.24. The highest BCUT2D eigenvalue weighted by molar-refractivity contribution is 14.1. The van der Waals surface area contributed by atoms with Crippen LogP contribution in [0.3, 0.4) is 0 Å². The predicted molar refractivity (Wildman–Crippen MR) is 80.9 cm³/mol. The third-order valence-corrected chi connectivity index (χ3v) is 3.47. The Kier molecular flexibility index (Phi) is 2.85. The Morgan fingerprint density at radius 2 is 1.65 bits per heavy atom. The second-order valence-electron chi connectivity index (χ2n) is 3.97. The first-order valence-corrected chi connectivity index (χ1v) is 6.58. The van der Waals surface area contributed by atoms with Crippen molar-refractivity contribution in [3.8, 4) is 11.1 Å². The monoisotopic (exact) mass is 329 g/mol. The topological polar surface area (TPSA) is 0 Å². The van der Waals surface area contributed by atoms with Crippen molar-refractivity contribution in [2.45, 2.75) is 0 Å². The van der Waals surface area contributed by atoms with Crippen LogP contribution in [0.4, 0.5) is 0 Å². The molecule has 0 saturated carbocycles. The van der Waals surface area contributed by atoms with Crippen LogP contribution in [0.2, 0.25) is 0 Å². The van der Waals surface area contributed by atoms with Crippen molar-refractivity contribution in [2.75, 3.05) is 0 Å². The molecule has 3 rings (SSSR count). The Morgan fingerprint density at radius 3 is 2.47 bits per heavy atom. The molecule has 0 aliphatic carbocycles. The van der Waals surface area contributed by atoms with Crippen LogP contribution in [-0.2, 0) is 0 Å². The van der Waals surface area contributed by atoms with E-state index in [0.717, 1.165) is 5.56 Å². The number of rotatable bonds is 1. The van der Waals surface area contributed by atoms with Crippen molar-refractivity contribution in [1.82, 2.24) is 0 Å². The Labute approximate surface area is 114 Å². The van der Waals surface area contributed by atoms with Gasteiger partial charge in [-0.05, 0) is 62.7 Å². The minimum absolute atomic E-state index is 1.15. The molecule has 0 nitrogen and oxygen atoms in total. The van der Waals surface area contributed by atoms with Crippen LogP contribution in [-0.4, -0.2) is 0 Å². The van der Waals surface area contributed by atoms with Gasteiger partial charge in [0.15, 0.2) is 0 Å². The van der Waals surface area contributed by atoms with Crippen LogP contribution < -0.4 is 0 Å². The molecule has 0 N–H and O–H groups in total. The molecule has 3 aromatic rings. The molecule has 0 fully saturated rings. The summed E-state index contributed by atoms with van der Waals surface area (Å²) in [6, 6.07) is 24.6. The number of halogens is 1. The molecule has 0 bridgehead atoms. The normalized spacial score (nSPS) is 10.6. The number of benzene rings is 3. The second-order valence-corrected chi connectivity index (χ2v) is 5.22. The van der Waals surface area contributed by atoms with Crippen molar-refractivity contribution in [3.05, 3.63) is 70.3 Å². The molecule has 1 heteroatoms. The standard InChI is InChI=1S/C16H10I/c17-16-9-8-14-10-13(6-7-15(14)11-16)12-4-2-1-3-5-12/h1-9,11H. The van der Waals surface area contributed by atoms with Crippen molar-refractivity contribution in [1.29, 1.82) is 0 Å². The summed E-state index contributed by atoms with van der Waals surface area (Å²) in [7, 11) is 0. The first-order chi connectivity index (χ1) is 8.33. The van der Waals surface area contributed by atoms with Crippen molar-refractivity contribution >= 4 is 33.4 Å². The lowest BCUT2D eigenvalue weighted by molar-refractivity contribution is 1.63. The minimum atomic E-state index is 1.15. The van der Waals surface area contributed by atoms with E-state index in [2.05, 4.69) is 83.3 Å². The molecule has 0 aliphatic heterocycles. The maximum Gasteiger partial charge on any atom is 0.0136 e. The van der Waals surface area contributed by atoms with Crippen molar-refractivity contribution in [2.24, 2.45) is 0 Å². The fourth-order valence-corrected chi connectivity index (χ4v) is 2.45. The summed E-state index contributed by atoms with van der Waals surface area (Å²) in [5.74, 6) is 0. The van der Waals surface area contributed by atoms with Gasteiger partial charge in [-0.25, -0.2) is 0 Å². The maximum atomic E-state index is 3.47. The smallest absolute Gasteiger partial charge is 0.0136 e. The highest BCUT2D eigenvalue weighted by atomic mass is 127. The molecular formula is C16H10I. The molecule has 17 heavy (non-hydrogen) atoms. The van der Waals surface area contributed by atoms with Crippen LogP contribution in [0.25, 0.3) is 21.9 Å². The Balaban J connectivity index is 2.17. The molecule has 0 aliphatic rings. The number of hydrogen-bond acceptors (Lipinski definition) is 0. The van der Waals surface area contributed by atoms with E-state index in [1.54, 1.807) is 0 Å². The molecule has 0 unspecified atom stereocenters. The maximum absolute atomic E-state index is 3.47. The molecule has 0 amide bonds. The number of fused-ring (bicyclic) bond motifs is 1. The first kappa shape index (κ1) is 10.8. The summed E-state index contributed by atoms with van der Waals surface area (Å²) in [6.45, 7) is 0. The third kappa shape index (κ3) is 2.20. The van der Waals surface area contributed by atoms with Gasteiger partial charge in [-0.2, -0.15) is 0 Å². The van der Waals surface area contributed by atoms with Crippen molar-refractivity contribution in [3.63, 3.8) is 0 Å². The van der Waals surface area contributed by atoms with Gasteiger partial charge in [0.1, 0.15) is 0 Å². The zero-order chi connectivity index (χ0) is 11.7. The predicted octanol–water partition coefficient (Wildman–Crippen LogP) is 4.91. The summed E-state index contributed by atoms with van der Waals surface area (Å²) in [4.78, 5) is 0. The van der Waals surface area contributed by atoms with E-state index >= 15 is 0 Å². The van der Waals surface area contributed by atoms with E-state index < -0.39 is 0 Å². The minimum Gasteiger partial charge on any atom is -0.0622 e. The van der Waals surface area contributed by atoms with Gasteiger partial charge < -0.3 is 0 Å². The molecule has 3 aromatic carbocycles. The van der Waals surface area contributed by atoms with Crippen molar-refractivity contribution < 1.29 is 0 Å². The van der Waals surface area contributed by atoms with Gasteiger partial charge in [-0.3, -0.25) is 0 Å². The molecule has 0 saturated heterocycles. The molecule has 0 heterocycles. The van der Waals surface area contributed by atoms with Gasteiger partial charge >= 0.3 is 0 Å². The van der Waals surface area contributed by atoms with Crippen LogP contribution >= 0.6 is 22.6 Å². The Bertz CT molecular complexity index is 657. The van der Waals surface area contributed by atoms with Crippen LogP contribution in [0.15, 0.2) is 60.7 Å². The van der Waals surface area contributed by atoms with Crippen LogP contribution in [0, 0.1) is 9.64 Å². The largest absolute Gasteiger partial charge is 0.0622 e.